The first kappa shape index (κ1) is 17.0. The molecule has 1 aromatic rings. The van der Waals surface area contributed by atoms with Crippen LogP contribution in [0.1, 0.15) is 56.9 Å². The number of carbonyl (C=O) groups excluding carboxylic acids is 1. The average Bonchev–Trinajstić information content (AvgIpc) is 3.35. The smallest absolute Gasteiger partial charge is 0.226 e. The Kier molecular flexibility index (Phi) is 4.81. The quantitative estimate of drug-likeness (QED) is 0.899. The van der Waals surface area contributed by atoms with E-state index in [-0.39, 0.29) is 17.2 Å². The fraction of sp³-hybridized carbons (Fsp3) is 0.667. The van der Waals surface area contributed by atoms with Crippen LogP contribution in [0.3, 0.4) is 0 Å². The van der Waals surface area contributed by atoms with Gasteiger partial charge in [0.25, 0.3) is 0 Å². The molecule has 1 saturated heterocycles. The molecule has 0 aromatic heterocycles. The zero-order valence-corrected chi connectivity index (χ0v) is 15.0. The number of halogens is 1. The van der Waals surface area contributed by atoms with E-state index in [0.29, 0.717) is 18.5 Å². The van der Waals surface area contributed by atoms with Gasteiger partial charge in [0, 0.05) is 18.5 Å². The predicted molar refractivity (Wildman–Crippen MR) is 96.5 cm³/mol. The number of nitrogens with one attached hydrogen (secondary N) is 1. The summed E-state index contributed by atoms with van der Waals surface area (Å²) in [5.74, 6) is 0.366. The van der Waals surface area contributed by atoms with E-state index in [1.165, 1.54) is 31.4 Å². The summed E-state index contributed by atoms with van der Waals surface area (Å²) in [7, 11) is 0. The summed E-state index contributed by atoms with van der Waals surface area (Å²) in [4.78, 5) is 15.5. The molecule has 1 amide bonds. The fourth-order valence-corrected chi connectivity index (χ4v) is 4.94. The lowest BCUT2D eigenvalue weighted by atomic mass is 9.90. The molecule has 3 nitrogen and oxygen atoms in total. The molecular weight excluding hydrogens is 315 g/mol. The van der Waals surface area contributed by atoms with E-state index in [1.807, 2.05) is 12.1 Å². The van der Waals surface area contributed by atoms with Crippen molar-refractivity contribution in [1.82, 2.24) is 10.2 Å². The zero-order valence-electron chi connectivity index (χ0n) is 15.0. The largest absolute Gasteiger partial charge is 0.335 e. The molecule has 136 valence electrons. The van der Waals surface area contributed by atoms with Crippen LogP contribution in [0.2, 0.25) is 0 Å². The SMILES string of the molecule is O=C(C1CC12CCNCC2)N(Cc1ccc(F)cc1)C1CCCCC1. The molecule has 2 saturated carbocycles. The molecule has 1 heterocycles. The van der Waals surface area contributed by atoms with Crippen LogP contribution in [0.4, 0.5) is 4.39 Å². The molecule has 4 rings (SSSR count). The number of piperidine rings is 1. The van der Waals surface area contributed by atoms with Crippen molar-refractivity contribution in [1.29, 1.82) is 0 Å². The number of rotatable bonds is 4. The molecule has 1 unspecified atom stereocenters. The monoisotopic (exact) mass is 344 g/mol. The maximum absolute atomic E-state index is 13.4. The number of carbonyl (C=O) groups is 1. The summed E-state index contributed by atoms with van der Waals surface area (Å²) >= 11 is 0. The lowest BCUT2D eigenvalue weighted by Gasteiger charge is -2.36. The van der Waals surface area contributed by atoms with Crippen LogP contribution >= 0.6 is 0 Å². The molecule has 1 aromatic carbocycles. The third-order valence-electron chi connectivity index (χ3n) is 6.65. The lowest BCUT2D eigenvalue weighted by molar-refractivity contribution is -0.137. The van der Waals surface area contributed by atoms with E-state index in [9.17, 15) is 9.18 Å². The Morgan fingerprint density at radius 1 is 1.12 bits per heavy atom. The predicted octanol–water partition coefficient (Wildman–Crippen LogP) is 3.88. The van der Waals surface area contributed by atoms with Gasteiger partial charge in [-0.2, -0.15) is 0 Å². The Morgan fingerprint density at radius 2 is 1.80 bits per heavy atom. The standard InChI is InChI=1S/C21H29FN2O/c22-17-8-6-16(7-9-17)15-24(18-4-2-1-3-5-18)20(25)19-14-21(19)10-12-23-13-11-21/h6-9,18-19,23H,1-5,10-15H2. The van der Waals surface area contributed by atoms with Crippen LogP contribution < -0.4 is 5.32 Å². The highest BCUT2D eigenvalue weighted by atomic mass is 19.1. The Hall–Kier alpha value is -1.42. The number of hydrogen-bond acceptors (Lipinski definition) is 2. The Morgan fingerprint density at radius 3 is 2.48 bits per heavy atom. The average molecular weight is 344 g/mol. The van der Waals surface area contributed by atoms with Gasteiger partial charge < -0.3 is 10.2 Å². The van der Waals surface area contributed by atoms with Crippen molar-refractivity contribution in [3.63, 3.8) is 0 Å². The second kappa shape index (κ2) is 7.06. The summed E-state index contributed by atoms with van der Waals surface area (Å²) in [6, 6.07) is 7.02. The summed E-state index contributed by atoms with van der Waals surface area (Å²) in [5.41, 5.74) is 1.32. The summed E-state index contributed by atoms with van der Waals surface area (Å²) in [6.07, 6.45) is 9.31. The molecule has 25 heavy (non-hydrogen) atoms. The molecule has 1 N–H and O–H groups in total. The molecule has 1 atom stereocenters. The second-order valence-corrected chi connectivity index (χ2v) is 8.25. The molecule has 4 heteroatoms. The molecule has 3 fully saturated rings. The number of hydrogen-bond donors (Lipinski definition) is 1. The first-order chi connectivity index (χ1) is 12.2. The highest BCUT2D eigenvalue weighted by Gasteiger charge is 2.58. The van der Waals surface area contributed by atoms with Gasteiger partial charge >= 0.3 is 0 Å². The zero-order chi connectivity index (χ0) is 17.3. The van der Waals surface area contributed by atoms with Crippen LogP contribution in [0, 0.1) is 17.2 Å². The van der Waals surface area contributed by atoms with Crippen LogP contribution in [0.5, 0.6) is 0 Å². The third-order valence-corrected chi connectivity index (χ3v) is 6.65. The van der Waals surface area contributed by atoms with E-state index >= 15 is 0 Å². The van der Waals surface area contributed by atoms with Crippen molar-refractivity contribution < 1.29 is 9.18 Å². The summed E-state index contributed by atoms with van der Waals surface area (Å²) in [6.45, 7) is 2.73. The highest BCUT2D eigenvalue weighted by molar-refractivity contribution is 5.83. The van der Waals surface area contributed by atoms with Crippen molar-refractivity contribution in [2.45, 2.75) is 64.0 Å². The van der Waals surface area contributed by atoms with Gasteiger partial charge in [-0.1, -0.05) is 31.4 Å². The summed E-state index contributed by atoms with van der Waals surface area (Å²) in [5, 5.41) is 3.42. The third kappa shape index (κ3) is 3.59. The van der Waals surface area contributed by atoms with Crippen LogP contribution in [-0.2, 0) is 11.3 Å². The molecule has 0 radical (unpaired) electrons. The summed E-state index contributed by atoms with van der Waals surface area (Å²) < 4.78 is 13.2. The van der Waals surface area contributed by atoms with Crippen molar-refractivity contribution in [2.75, 3.05) is 13.1 Å². The lowest BCUT2D eigenvalue weighted by Crippen LogP contribution is -2.43. The first-order valence-corrected chi connectivity index (χ1v) is 9.94. The number of benzene rings is 1. The minimum Gasteiger partial charge on any atom is -0.335 e. The van der Waals surface area contributed by atoms with Crippen LogP contribution in [-0.4, -0.2) is 29.9 Å². The van der Waals surface area contributed by atoms with E-state index in [0.717, 1.165) is 50.8 Å². The highest BCUT2D eigenvalue weighted by Crippen LogP contribution is 2.59. The molecule has 1 aliphatic heterocycles. The van der Waals surface area contributed by atoms with Gasteiger partial charge in [-0.3, -0.25) is 4.79 Å². The maximum atomic E-state index is 13.4. The molecule has 3 aliphatic rings. The molecule has 2 aliphatic carbocycles. The van der Waals surface area contributed by atoms with E-state index in [4.69, 9.17) is 0 Å². The molecule has 0 bridgehead atoms. The minimum absolute atomic E-state index is 0.213. The normalized spacial score (nSPS) is 25.7. The van der Waals surface area contributed by atoms with Crippen molar-refractivity contribution in [3.8, 4) is 0 Å². The van der Waals surface area contributed by atoms with Crippen LogP contribution in [0.25, 0.3) is 0 Å². The fourth-order valence-electron chi connectivity index (χ4n) is 4.94. The first-order valence-electron chi connectivity index (χ1n) is 9.94. The Labute approximate surface area is 150 Å². The second-order valence-electron chi connectivity index (χ2n) is 8.25. The topological polar surface area (TPSA) is 32.3 Å². The van der Waals surface area contributed by atoms with E-state index in [1.54, 1.807) is 0 Å². The molecule has 1 spiro atoms. The Bertz CT molecular complexity index is 603. The maximum Gasteiger partial charge on any atom is 0.226 e. The van der Waals surface area contributed by atoms with Crippen molar-refractivity contribution in [3.05, 3.63) is 35.6 Å². The van der Waals surface area contributed by atoms with Gasteiger partial charge in [0.05, 0.1) is 0 Å². The van der Waals surface area contributed by atoms with Gasteiger partial charge in [-0.25, -0.2) is 4.39 Å². The van der Waals surface area contributed by atoms with E-state index in [2.05, 4.69) is 10.2 Å². The van der Waals surface area contributed by atoms with Crippen molar-refractivity contribution in [2.24, 2.45) is 11.3 Å². The number of amides is 1. The minimum atomic E-state index is -0.213. The number of nitrogens with zero attached hydrogens (tertiary/aromatic N) is 1. The van der Waals surface area contributed by atoms with E-state index < -0.39 is 0 Å². The van der Waals surface area contributed by atoms with Crippen LogP contribution in [0.15, 0.2) is 24.3 Å². The van der Waals surface area contributed by atoms with Gasteiger partial charge in [-0.15, -0.1) is 0 Å². The Balaban J connectivity index is 1.50. The van der Waals surface area contributed by atoms with Crippen molar-refractivity contribution >= 4 is 5.91 Å². The van der Waals surface area contributed by atoms with Gasteiger partial charge in [0.2, 0.25) is 5.91 Å². The van der Waals surface area contributed by atoms with Gasteiger partial charge in [0.1, 0.15) is 5.82 Å². The van der Waals surface area contributed by atoms with Gasteiger partial charge in [0.15, 0.2) is 0 Å². The molecular formula is C21H29FN2O. The van der Waals surface area contributed by atoms with Gasteiger partial charge in [-0.05, 0) is 68.3 Å².